The average Bonchev–Trinajstić information content (AvgIpc) is 3.00. The molecule has 2 rings (SSSR count). The van der Waals surface area contributed by atoms with Gasteiger partial charge in [0, 0.05) is 12.3 Å². The van der Waals surface area contributed by atoms with Crippen LogP contribution < -0.4 is 0 Å². The second-order valence-corrected chi connectivity index (χ2v) is 25.4. The molecule has 0 radical (unpaired) electrons. The topological polar surface area (TPSA) is 35.5 Å². The van der Waals surface area contributed by atoms with Gasteiger partial charge in [0.05, 0.1) is 11.7 Å². The number of hydrogen-bond acceptors (Lipinski definition) is 3. The summed E-state index contributed by atoms with van der Waals surface area (Å²) in [4.78, 5) is 12.7. The zero-order valence-electron chi connectivity index (χ0n) is 26.0. The Labute approximate surface area is 221 Å². The number of hydrogen-bond donors (Lipinski definition) is 0. The van der Waals surface area contributed by atoms with Crippen molar-refractivity contribution in [3.05, 3.63) is 0 Å². The van der Waals surface area contributed by atoms with Crippen molar-refractivity contribution in [3.8, 4) is 0 Å². The van der Waals surface area contributed by atoms with E-state index in [0.29, 0.717) is 23.5 Å². The fourth-order valence-electron chi connectivity index (χ4n) is 6.48. The summed E-state index contributed by atoms with van der Waals surface area (Å²) in [6, 6.07) is 0. The lowest BCUT2D eigenvalue weighted by atomic mass is 9.62. The van der Waals surface area contributed by atoms with Crippen LogP contribution in [0.25, 0.3) is 0 Å². The molecule has 2 aliphatic carbocycles. The fraction of sp³-hybridized carbons (Fsp3) is 0.967. The van der Waals surface area contributed by atoms with Crippen LogP contribution in [-0.4, -0.2) is 34.1 Å². The van der Waals surface area contributed by atoms with E-state index in [-0.39, 0.29) is 27.2 Å². The van der Waals surface area contributed by atoms with Gasteiger partial charge in [-0.2, -0.15) is 0 Å². The second-order valence-electron chi connectivity index (χ2n) is 15.9. The summed E-state index contributed by atoms with van der Waals surface area (Å²) < 4.78 is 14.2. The van der Waals surface area contributed by atoms with E-state index in [1.807, 2.05) is 0 Å². The van der Waals surface area contributed by atoms with Crippen LogP contribution in [0.4, 0.5) is 0 Å². The zero-order valence-corrected chi connectivity index (χ0v) is 28.0. The molecule has 2 aliphatic rings. The smallest absolute Gasteiger partial charge is 0.192 e. The Kier molecular flexibility index (Phi) is 9.19. The average molecular weight is 525 g/mol. The molecule has 0 heterocycles. The molecular weight excluding hydrogens is 464 g/mol. The normalized spacial score (nSPS) is 28.7. The number of carbonyl (C=O) groups excluding carboxylic acids is 1. The maximum Gasteiger partial charge on any atom is 0.192 e. The minimum atomic E-state index is -1.96. The predicted octanol–water partition coefficient (Wildman–Crippen LogP) is 9.38. The highest BCUT2D eigenvalue weighted by atomic mass is 28.4. The molecule has 5 atom stereocenters. The molecule has 0 aliphatic heterocycles. The molecule has 3 nitrogen and oxygen atoms in total. The molecule has 0 aromatic rings. The monoisotopic (exact) mass is 524 g/mol. The summed E-state index contributed by atoms with van der Waals surface area (Å²) >= 11 is 0. The first-order valence-electron chi connectivity index (χ1n) is 14.5. The van der Waals surface area contributed by atoms with Crippen LogP contribution >= 0.6 is 0 Å². The van der Waals surface area contributed by atoms with E-state index >= 15 is 0 Å². The second kappa shape index (κ2) is 10.3. The molecule has 0 amide bonds. The van der Waals surface area contributed by atoms with E-state index in [2.05, 4.69) is 95.4 Å². The van der Waals surface area contributed by atoms with E-state index in [1.54, 1.807) is 0 Å². The first-order valence-corrected chi connectivity index (χ1v) is 20.3. The molecule has 5 heteroatoms. The fourth-order valence-corrected chi connectivity index (χ4v) is 9.70. The van der Waals surface area contributed by atoms with Gasteiger partial charge < -0.3 is 8.85 Å². The van der Waals surface area contributed by atoms with Crippen molar-refractivity contribution in [1.82, 2.24) is 0 Å². The van der Waals surface area contributed by atoms with Crippen molar-refractivity contribution < 1.29 is 13.6 Å². The zero-order chi connectivity index (χ0) is 27.3. The van der Waals surface area contributed by atoms with Crippen molar-refractivity contribution in [2.75, 3.05) is 0 Å². The minimum absolute atomic E-state index is 0.0814. The number of ketones is 1. The Morgan fingerprint density at radius 2 is 1.46 bits per heavy atom. The molecule has 0 spiro atoms. The van der Waals surface area contributed by atoms with Crippen molar-refractivity contribution in [3.63, 3.8) is 0 Å². The molecule has 0 bridgehead atoms. The van der Waals surface area contributed by atoms with Gasteiger partial charge in [0.15, 0.2) is 16.6 Å². The van der Waals surface area contributed by atoms with E-state index in [4.69, 9.17) is 8.85 Å². The summed E-state index contributed by atoms with van der Waals surface area (Å²) in [6.07, 6.45) is 7.69. The molecule has 0 aromatic heterocycles. The highest BCUT2D eigenvalue weighted by Gasteiger charge is 2.53. The Morgan fingerprint density at radius 3 is 1.97 bits per heavy atom. The molecule has 0 N–H and O–H groups in total. The summed E-state index contributed by atoms with van der Waals surface area (Å²) in [5, 5.41) is 0.332. The van der Waals surface area contributed by atoms with Gasteiger partial charge >= 0.3 is 0 Å². The van der Waals surface area contributed by atoms with Crippen LogP contribution in [0.2, 0.25) is 36.3 Å². The lowest BCUT2D eigenvalue weighted by Crippen LogP contribution is -2.56. The Balaban J connectivity index is 2.25. The summed E-state index contributed by atoms with van der Waals surface area (Å²) in [7, 11) is -3.91. The lowest BCUT2D eigenvalue weighted by Gasteiger charge is -2.49. The van der Waals surface area contributed by atoms with Crippen LogP contribution in [0.15, 0.2) is 0 Å². The van der Waals surface area contributed by atoms with Gasteiger partial charge in [-0.3, -0.25) is 4.79 Å². The maximum atomic E-state index is 12.7. The molecule has 206 valence electrons. The van der Waals surface area contributed by atoms with Crippen molar-refractivity contribution in [2.45, 2.75) is 162 Å². The third-order valence-corrected chi connectivity index (χ3v) is 20.0. The van der Waals surface area contributed by atoms with E-state index < -0.39 is 16.6 Å². The van der Waals surface area contributed by atoms with Gasteiger partial charge in [-0.1, -0.05) is 55.4 Å². The Hall–Kier alpha value is 0.0238. The SMILES string of the molecule is C[C@@H](CC[C@H](O[Si](C)(C)C(C)(C)C)C(C)(C)O[Si](C)(C)C(C)(C)C)[C@H]1CC[C@H]2C(=O)CCC[C@]12C. The van der Waals surface area contributed by atoms with Crippen molar-refractivity contribution in [2.24, 2.45) is 23.2 Å². The molecule has 0 saturated heterocycles. The largest absolute Gasteiger partial charge is 0.411 e. The first kappa shape index (κ1) is 31.2. The summed E-state index contributed by atoms with van der Waals surface area (Å²) in [6.45, 7) is 32.9. The molecule has 35 heavy (non-hydrogen) atoms. The summed E-state index contributed by atoms with van der Waals surface area (Å²) in [5.74, 6) is 2.10. The first-order chi connectivity index (χ1) is 15.6. The third kappa shape index (κ3) is 6.73. The van der Waals surface area contributed by atoms with Crippen LogP contribution in [0.3, 0.4) is 0 Å². The molecule has 0 aromatic carbocycles. The predicted molar refractivity (Wildman–Crippen MR) is 156 cm³/mol. The van der Waals surface area contributed by atoms with Crippen LogP contribution in [0.1, 0.15) is 114 Å². The van der Waals surface area contributed by atoms with E-state index in [0.717, 1.165) is 32.1 Å². The quantitative estimate of drug-likeness (QED) is 0.282. The minimum Gasteiger partial charge on any atom is -0.411 e. The van der Waals surface area contributed by atoms with Gasteiger partial charge in [-0.25, -0.2) is 0 Å². The van der Waals surface area contributed by atoms with Gasteiger partial charge in [-0.15, -0.1) is 0 Å². The van der Waals surface area contributed by atoms with Crippen molar-refractivity contribution in [1.29, 1.82) is 0 Å². The molecular formula is C30H60O3Si2. The van der Waals surface area contributed by atoms with Gasteiger partial charge in [0.2, 0.25) is 0 Å². The standard InChI is InChI=1S/C30H60O3Si2/c1-22(23-18-19-24-25(31)16-15-21-30(23,24)10)17-20-26(32-34(11,12)27(2,3)4)29(8,9)33-35(13,14)28(5,6)7/h22-24,26H,15-21H2,1-14H3/t22-,23+,24-,26-,30+/m0/s1. The highest BCUT2D eigenvalue weighted by Crippen LogP contribution is 2.57. The van der Waals surface area contributed by atoms with Crippen LogP contribution in [-0.2, 0) is 13.6 Å². The number of fused-ring (bicyclic) bond motifs is 1. The van der Waals surface area contributed by atoms with Gasteiger partial charge in [-0.05, 0) is 106 Å². The molecule has 0 unspecified atom stereocenters. The van der Waals surface area contributed by atoms with Crippen molar-refractivity contribution >= 4 is 22.4 Å². The number of carbonyl (C=O) groups is 1. The maximum absolute atomic E-state index is 12.7. The Morgan fingerprint density at radius 1 is 0.914 bits per heavy atom. The number of rotatable bonds is 9. The third-order valence-electron chi connectivity index (χ3n) is 10.9. The van der Waals surface area contributed by atoms with Crippen LogP contribution in [0.5, 0.6) is 0 Å². The molecule has 2 fully saturated rings. The van der Waals surface area contributed by atoms with E-state index in [9.17, 15) is 4.79 Å². The van der Waals surface area contributed by atoms with Gasteiger partial charge in [0.1, 0.15) is 5.78 Å². The van der Waals surface area contributed by atoms with E-state index in [1.165, 1.54) is 12.8 Å². The van der Waals surface area contributed by atoms with Gasteiger partial charge in [0.25, 0.3) is 0 Å². The Bertz CT molecular complexity index is 744. The summed E-state index contributed by atoms with van der Waals surface area (Å²) in [5.41, 5.74) is -0.126. The number of Topliss-reactive ketones (excluding diaryl/α,β-unsaturated/α-hetero) is 1. The highest BCUT2D eigenvalue weighted by molar-refractivity contribution is 6.74. The lowest BCUT2D eigenvalue weighted by molar-refractivity contribution is -0.130. The molecule has 2 saturated carbocycles. The van der Waals surface area contributed by atoms with Crippen LogP contribution in [0, 0.1) is 23.2 Å².